The van der Waals surface area contributed by atoms with Crippen molar-refractivity contribution < 1.29 is 20.1 Å². The lowest BCUT2D eigenvalue weighted by molar-refractivity contribution is -0.137. The van der Waals surface area contributed by atoms with Crippen LogP contribution in [-0.4, -0.2) is 33.5 Å². The summed E-state index contributed by atoms with van der Waals surface area (Å²) in [6, 6.07) is 0. The molecule has 0 aromatic carbocycles. The number of carboxylic acids is 1. The highest BCUT2D eigenvalue weighted by atomic mass is 16.4. The largest absolute Gasteiger partial charge is 0.481 e. The highest BCUT2D eigenvalue weighted by Crippen LogP contribution is 2.00. The number of hydrogen-bond acceptors (Lipinski definition) is 3. The quantitative estimate of drug-likeness (QED) is 0.350. The summed E-state index contributed by atoms with van der Waals surface area (Å²) in [6.45, 7) is 2.04. The van der Waals surface area contributed by atoms with Gasteiger partial charge in [-0.3, -0.25) is 4.79 Å². The average Bonchev–Trinajstić information content (AvgIpc) is 2.33. The molecule has 0 bridgehead atoms. The van der Waals surface area contributed by atoms with Crippen LogP contribution in [0.3, 0.4) is 0 Å². The number of hydrogen-bond donors (Lipinski definition) is 3. The molecule has 0 saturated heterocycles. The highest BCUT2D eigenvalue weighted by Gasteiger charge is 1.98. The normalized spacial score (nSPS) is 13.9. The van der Waals surface area contributed by atoms with Crippen molar-refractivity contribution in [2.24, 2.45) is 0 Å². The summed E-state index contributed by atoms with van der Waals surface area (Å²) in [5, 5.41) is 27.3. The van der Waals surface area contributed by atoms with Crippen LogP contribution in [0.1, 0.15) is 45.4 Å². The third-order valence-corrected chi connectivity index (χ3v) is 2.31. The zero-order valence-electron chi connectivity index (χ0n) is 10.8. The predicted octanol–water partition coefficient (Wildman–Crippen LogP) is 1.71. The Hall–Kier alpha value is -1.31. The Kier molecular flexibility index (Phi) is 10.0. The summed E-state index contributed by atoms with van der Waals surface area (Å²) in [5.41, 5.74) is 0. The standard InChI is InChI=1S/C14H22O4/c1-2-3-7-12(15)10-11-13(16)8-5-4-6-9-14(17)18/h5,8,12-13,15-16H,2-4,6-7,9H2,1H3,(H,17,18)/b8-5-. The molecular formula is C14H22O4. The fourth-order valence-corrected chi connectivity index (χ4v) is 1.30. The summed E-state index contributed by atoms with van der Waals surface area (Å²) in [4.78, 5) is 10.2. The minimum atomic E-state index is -0.897. The molecule has 0 spiro atoms. The lowest BCUT2D eigenvalue weighted by atomic mass is 10.1. The number of unbranched alkanes of at least 4 members (excludes halogenated alkanes) is 2. The van der Waals surface area contributed by atoms with Gasteiger partial charge in [0.25, 0.3) is 0 Å². The SMILES string of the molecule is CCCCC(O)C#CC(O)/C=C\CCCC(=O)O. The number of aliphatic hydroxyl groups is 2. The molecule has 18 heavy (non-hydrogen) atoms. The van der Waals surface area contributed by atoms with E-state index in [1.165, 1.54) is 6.08 Å². The second kappa shape index (κ2) is 10.8. The molecule has 0 rings (SSSR count). The maximum atomic E-state index is 10.2. The van der Waals surface area contributed by atoms with E-state index in [1.807, 2.05) is 6.92 Å². The molecule has 2 unspecified atom stereocenters. The number of aliphatic carboxylic acids is 1. The van der Waals surface area contributed by atoms with Crippen molar-refractivity contribution in [1.82, 2.24) is 0 Å². The molecule has 0 aromatic heterocycles. The van der Waals surface area contributed by atoms with E-state index in [2.05, 4.69) is 11.8 Å². The summed E-state index contributed by atoms with van der Waals surface area (Å²) in [5.74, 6) is 4.31. The van der Waals surface area contributed by atoms with Gasteiger partial charge in [0.1, 0.15) is 12.2 Å². The van der Waals surface area contributed by atoms with E-state index in [0.29, 0.717) is 19.3 Å². The van der Waals surface area contributed by atoms with E-state index in [0.717, 1.165) is 12.8 Å². The molecule has 0 amide bonds. The second-order valence-corrected chi connectivity index (χ2v) is 4.11. The molecule has 4 nitrogen and oxygen atoms in total. The van der Waals surface area contributed by atoms with Crippen molar-refractivity contribution in [3.05, 3.63) is 12.2 Å². The highest BCUT2D eigenvalue weighted by molar-refractivity contribution is 5.66. The Morgan fingerprint density at radius 2 is 2.00 bits per heavy atom. The van der Waals surface area contributed by atoms with Crippen LogP contribution in [0.4, 0.5) is 0 Å². The number of allylic oxidation sites excluding steroid dienone is 1. The zero-order valence-corrected chi connectivity index (χ0v) is 10.8. The molecule has 3 N–H and O–H groups in total. The van der Waals surface area contributed by atoms with Crippen LogP contribution in [0, 0.1) is 11.8 Å². The smallest absolute Gasteiger partial charge is 0.303 e. The Labute approximate surface area is 108 Å². The van der Waals surface area contributed by atoms with Crippen LogP contribution in [0.25, 0.3) is 0 Å². The molecule has 0 saturated carbocycles. The topological polar surface area (TPSA) is 77.8 Å². The van der Waals surface area contributed by atoms with Crippen molar-refractivity contribution in [2.75, 3.05) is 0 Å². The molecule has 0 radical (unpaired) electrons. The molecule has 0 aliphatic rings. The molecule has 2 atom stereocenters. The predicted molar refractivity (Wildman–Crippen MR) is 69.9 cm³/mol. The van der Waals surface area contributed by atoms with E-state index >= 15 is 0 Å². The summed E-state index contributed by atoms with van der Waals surface area (Å²) in [6.07, 6.45) is 5.46. The van der Waals surface area contributed by atoms with Gasteiger partial charge >= 0.3 is 5.97 Å². The first-order valence-electron chi connectivity index (χ1n) is 6.32. The Balaban J connectivity index is 3.81. The van der Waals surface area contributed by atoms with Crippen LogP contribution in [-0.2, 0) is 4.79 Å². The minimum Gasteiger partial charge on any atom is -0.481 e. The van der Waals surface area contributed by atoms with Crippen LogP contribution >= 0.6 is 0 Å². The lowest BCUT2D eigenvalue weighted by Crippen LogP contribution is -2.05. The van der Waals surface area contributed by atoms with Gasteiger partial charge in [0.15, 0.2) is 0 Å². The van der Waals surface area contributed by atoms with Gasteiger partial charge in [0, 0.05) is 6.42 Å². The van der Waals surface area contributed by atoms with E-state index in [9.17, 15) is 15.0 Å². The second-order valence-electron chi connectivity index (χ2n) is 4.11. The average molecular weight is 254 g/mol. The van der Waals surface area contributed by atoms with Gasteiger partial charge in [0.05, 0.1) is 0 Å². The zero-order chi connectivity index (χ0) is 13.8. The number of carbonyl (C=O) groups is 1. The van der Waals surface area contributed by atoms with Crippen molar-refractivity contribution in [1.29, 1.82) is 0 Å². The fourth-order valence-electron chi connectivity index (χ4n) is 1.30. The van der Waals surface area contributed by atoms with Gasteiger partial charge in [-0.25, -0.2) is 0 Å². The van der Waals surface area contributed by atoms with Crippen molar-refractivity contribution in [2.45, 2.75) is 57.7 Å². The number of carboxylic acid groups (broad SMARTS) is 1. The third-order valence-electron chi connectivity index (χ3n) is 2.31. The van der Waals surface area contributed by atoms with Crippen molar-refractivity contribution in [3.8, 4) is 11.8 Å². The summed E-state index contributed by atoms with van der Waals surface area (Å²) >= 11 is 0. The van der Waals surface area contributed by atoms with E-state index < -0.39 is 18.2 Å². The fraction of sp³-hybridized carbons (Fsp3) is 0.643. The molecular weight excluding hydrogens is 232 g/mol. The van der Waals surface area contributed by atoms with Gasteiger partial charge in [-0.15, -0.1) is 0 Å². The van der Waals surface area contributed by atoms with Gasteiger partial charge < -0.3 is 15.3 Å². The lowest BCUT2D eigenvalue weighted by Gasteiger charge is -2.00. The van der Waals surface area contributed by atoms with Crippen LogP contribution in [0.5, 0.6) is 0 Å². The van der Waals surface area contributed by atoms with Gasteiger partial charge in [0.2, 0.25) is 0 Å². The summed E-state index contributed by atoms with van der Waals surface area (Å²) < 4.78 is 0. The molecule has 0 heterocycles. The minimum absolute atomic E-state index is 0.127. The first kappa shape index (κ1) is 16.7. The summed E-state index contributed by atoms with van der Waals surface area (Å²) in [7, 11) is 0. The van der Waals surface area contributed by atoms with Crippen LogP contribution < -0.4 is 0 Å². The first-order valence-corrected chi connectivity index (χ1v) is 6.32. The van der Waals surface area contributed by atoms with Crippen molar-refractivity contribution in [3.63, 3.8) is 0 Å². The van der Waals surface area contributed by atoms with E-state index in [1.54, 1.807) is 6.08 Å². The monoisotopic (exact) mass is 254 g/mol. The van der Waals surface area contributed by atoms with Gasteiger partial charge in [-0.05, 0) is 25.3 Å². The Bertz CT molecular complexity index is 311. The Morgan fingerprint density at radius 1 is 1.28 bits per heavy atom. The maximum Gasteiger partial charge on any atom is 0.303 e. The molecule has 0 aliphatic heterocycles. The van der Waals surface area contributed by atoms with Crippen molar-refractivity contribution >= 4 is 5.97 Å². The molecule has 0 aromatic rings. The molecule has 0 fully saturated rings. The van der Waals surface area contributed by atoms with E-state index in [-0.39, 0.29) is 6.42 Å². The van der Waals surface area contributed by atoms with Crippen LogP contribution in [0.15, 0.2) is 12.2 Å². The molecule has 4 heteroatoms. The molecule has 102 valence electrons. The van der Waals surface area contributed by atoms with Gasteiger partial charge in [-0.2, -0.15) is 0 Å². The van der Waals surface area contributed by atoms with E-state index in [4.69, 9.17) is 5.11 Å². The Morgan fingerprint density at radius 3 is 2.61 bits per heavy atom. The third kappa shape index (κ3) is 11.2. The first-order chi connectivity index (χ1) is 8.56. The number of aliphatic hydroxyl groups excluding tert-OH is 2. The molecule has 0 aliphatic carbocycles. The number of rotatable bonds is 8. The van der Waals surface area contributed by atoms with Gasteiger partial charge in [-0.1, -0.05) is 37.7 Å². The van der Waals surface area contributed by atoms with Crippen LogP contribution in [0.2, 0.25) is 0 Å². The maximum absolute atomic E-state index is 10.2.